The van der Waals surface area contributed by atoms with E-state index in [4.69, 9.17) is 4.74 Å². The predicted molar refractivity (Wildman–Crippen MR) is 62.7 cm³/mol. The molecular formula is C11H12N4O3. The normalized spacial score (nSPS) is 10.3. The summed E-state index contributed by atoms with van der Waals surface area (Å²) in [5.74, 6) is -0.346. The fraction of sp³-hybridized carbons (Fsp3) is 0.273. The van der Waals surface area contributed by atoms with Gasteiger partial charge in [0.1, 0.15) is 6.54 Å². The number of esters is 1. The Bertz CT molecular complexity index is 582. The number of nitrogens with one attached hydrogen (secondary N) is 1. The van der Waals surface area contributed by atoms with E-state index in [1.165, 1.54) is 10.7 Å². The first-order valence-electron chi connectivity index (χ1n) is 5.43. The molecule has 2 aromatic rings. The van der Waals surface area contributed by atoms with Crippen molar-refractivity contribution in [1.29, 1.82) is 0 Å². The summed E-state index contributed by atoms with van der Waals surface area (Å²) in [5, 5.41) is 10.2. The highest BCUT2D eigenvalue weighted by Gasteiger charge is 2.07. The van der Waals surface area contributed by atoms with Crippen molar-refractivity contribution >= 4 is 5.97 Å². The SMILES string of the molecule is CCOC(=O)Cn1cc(-c2ccc(=O)[nH]n2)cn1. The number of aromatic amines is 1. The van der Waals surface area contributed by atoms with Gasteiger partial charge in [0.2, 0.25) is 0 Å². The van der Waals surface area contributed by atoms with Gasteiger partial charge in [-0.1, -0.05) is 0 Å². The van der Waals surface area contributed by atoms with Gasteiger partial charge in [-0.15, -0.1) is 0 Å². The second-order valence-electron chi connectivity index (χ2n) is 3.54. The van der Waals surface area contributed by atoms with Crippen LogP contribution in [0.4, 0.5) is 0 Å². The summed E-state index contributed by atoms with van der Waals surface area (Å²) in [4.78, 5) is 22.1. The Morgan fingerprint density at radius 3 is 3.00 bits per heavy atom. The lowest BCUT2D eigenvalue weighted by Crippen LogP contribution is -2.13. The van der Waals surface area contributed by atoms with E-state index in [0.717, 1.165) is 5.56 Å². The Labute approximate surface area is 102 Å². The molecule has 0 atom stereocenters. The van der Waals surface area contributed by atoms with Crippen LogP contribution in [0.5, 0.6) is 0 Å². The predicted octanol–water partition coefficient (Wildman–Crippen LogP) is 0.196. The molecule has 94 valence electrons. The lowest BCUT2D eigenvalue weighted by molar-refractivity contribution is -0.144. The smallest absolute Gasteiger partial charge is 0.327 e. The largest absolute Gasteiger partial charge is 0.465 e. The maximum atomic E-state index is 11.3. The van der Waals surface area contributed by atoms with Crippen molar-refractivity contribution < 1.29 is 9.53 Å². The minimum absolute atomic E-state index is 0.0528. The fourth-order valence-corrected chi connectivity index (χ4v) is 1.43. The summed E-state index contributed by atoms with van der Waals surface area (Å²) >= 11 is 0. The molecule has 18 heavy (non-hydrogen) atoms. The quantitative estimate of drug-likeness (QED) is 0.780. The highest BCUT2D eigenvalue weighted by molar-refractivity contribution is 5.69. The maximum absolute atomic E-state index is 11.3. The molecule has 0 unspecified atom stereocenters. The summed E-state index contributed by atoms with van der Waals surface area (Å²) in [6.45, 7) is 2.14. The Morgan fingerprint density at radius 2 is 2.33 bits per heavy atom. The van der Waals surface area contributed by atoms with Gasteiger partial charge in [0.15, 0.2) is 0 Å². The fourth-order valence-electron chi connectivity index (χ4n) is 1.43. The molecule has 0 fully saturated rings. The minimum atomic E-state index is -0.346. The second-order valence-corrected chi connectivity index (χ2v) is 3.54. The van der Waals surface area contributed by atoms with Crippen LogP contribution in [0.25, 0.3) is 11.3 Å². The molecule has 0 saturated carbocycles. The van der Waals surface area contributed by atoms with Gasteiger partial charge in [0.25, 0.3) is 5.56 Å². The number of rotatable bonds is 4. The van der Waals surface area contributed by atoms with Gasteiger partial charge in [-0.3, -0.25) is 14.3 Å². The van der Waals surface area contributed by atoms with E-state index in [0.29, 0.717) is 12.3 Å². The summed E-state index contributed by atoms with van der Waals surface area (Å²) < 4.78 is 6.27. The topological polar surface area (TPSA) is 89.9 Å². The van der Waals surface area contributed by atoms with Gasteiger partial charge in [0.05, 0.1) is 18.5 Å². The molecule has 0 aliphatic rings. The van der Waals surface area contributed by atoms with Crippen molar-refractivity contribution in [2.45, 2.75) is 13.5 Å². The summed E-state index contributed by atoms with van der Waals surface area (Å²) in [7, 11) is 0. The van der Waals surface area contributed by atoms with E-state index < -0.39 is 0 Å². The third kappa shape index (κ3) is 2.82. The zero-order chi connectivity index (χ0) is 13.0. The first-order valence-corrected chi connectivity index (χ1v) is 5.43. The van der Waals surface area contributed by atoms with E-state index in [1.807, 2.05) is 0 Å². The molecule has 0 radical (unpaired) electrons. The van der Waals surface area contributed by atoms with Gasteiger partial charge in [-0.2, -0.15) is 10.2 Å². The van der Waals surface area contributed by atoms with Gasteiger partial charge in [-0.25, -0.2) is 5.10 Å². The molecule has 2 aromatic heterocycles. The first-order chi connectivity index (χ1) is 8.69. The number of carbonyl (C=O) groups is 1. The van der Waals surface area contributed by atoms with Gasteiger partial charge < -0.3 is 4.74 Å². The second kappa shape index (κ2) is 5.26. The molecule has 0 aliphatic carbocycles. The molecule has 7 nitrogen and oxygen atoms in total. The van der Waals surface area contributed by atoms with Crippen LogP contribution in [0.1, 0.15) is 6.92 Å². The van der Waals surface area contributed by atoms with Gasteiger partial charge >= 0.3 is 5.97 Å². The van der Waals surface area contributed by atoms with E-state index in [-0.39, 0.29) is 18.1 Å². The lowest BCUT2D eigenvalue weighted by atomic mass is 10.2. The molecule has 2 rings (SSSR count). The third-order valence-electron chi connectivity index (χ3n) is 2.20. The number of carbonyl (C=O) groups excluding carboxylic acids is 1. The van der Waals surface area contributed by atoms with Crippen LogP contribution in [-0.2, 0) is 16.1 Å². The Morgan fingerprint density at radius 1 is 1.50 bits per heavy atom. The third-order valence-corrected chi connectivity index (χ3v) is 2.20. The number of hydrogen-bond acceptors (Lipinski definition) is 5. The monoisotopic (exact) mass is 248 g/mol. The number of hydrogen-bond donors (Lipinski definition) is 1. The average Bonchev–Trinajstić information content (AvgIpc) is 2.78. The van der Waals surface area contributed by atoms with Crippen LogP contribution >= 0.6 is 0 Å². The molecule has 0 aromatic carbocycles. The molecule has 7 heteroatoms. The molecule has 2 heterocycles. The van der Waals surface area contributed by atoms with Gasteiger partial charge in [-0.05, 0) is 13.0 Å². The van der Waals surface area contributed by atoms with Crippen molar-refractivity contribution in [3.63, 3.8) is 0 Å². The zero-order valence-corrected chi connectivity index (χ0v) is 9.79. The number of H-pyrrole nitrogens is 1. The number of aromatic nitrogens is 4. The summed E-state index contributed by atoms with van der Waals surface area (Å²) in [6.07, 6.45) is 3.23. The van der Waals surface area contributed by atoms with E-state index in [1.54, 1.807) is 25.4 Å². The molecule has 1 N–H and O–H groups in total. The highest BCUT2D eigenvalue weighted by Crippen LogP contribution is 2.13. The Kier molecular flexibility index (Phi) is 3.52. The van der Waals surface area contributed by atoms with Crippen LogP contribution in [0.3, 0.4) is 0 Å². The maximum Gasteiger partial charge on any atom is 0.327 e. The Balaban J connectivity index is 2.13. The number of nitrogens with zero attached hydrogens (tertiary/aromatic N) is 3. The van der Waals surface area contributed by atoms with Crippen molar-refractivity contribution in [3.05, 3.63) is 34.9 Å². The molecule has 0 bridgehead atoms. The van der Waals surface area contributed by atoms with Crippen molar-refractivity contribution in [2.24, 2.45) is 0 Å². The van der Waals surface area contributed by atoms with Crippen molar-refractivity contribution in [2.75, 3.05) is 6.61 Å². The van der Waals surface area contributed by atoms with Gasteiger partial charge in [0, 0.05) is 17.8 Å². The van der Waals surface area contributed by atoms with Crippen LogP contribution < -0.4 is 5.56 Å². The van der Waals surface area contributed by atoms with Crippen LogP contribution in [0.2, 0.25) is 0 Å². The van der Waals surface area contributed by atoms with Crippen LogP contribution in [0.15, 0.2) is 29.3 Å². The molecule has 0 saturated heterocycles. The van der Waals surface area contributed by atoms with Crippen LogP contribution in [-0.4, -0.2) is 32.6 Å². The van der Waals surface area contributed by atoms with Crippen molar-refractivity contribution in [1.82, 2.24) is 20.0 Å². The Hall–Kier alpha value is -2.44. The molecular weight excluding hydrogens is 236 g/mol. The summed E-state index contributed by atoms with van der Waals surface area (Å²) in [5.41, 5.74) is 1.04. The zero-order valence-electron chi connectivity index (χ0n) is 9.79. The summed E-state index contributed by atoms with van der Waals surface area (Å²) in [6, 6.07) is 2.97. The molecule has 0 spiro atoms. The standard InChI is InChI=1S/C11H12N4O3/c1-2-18-11(17)7-15-6-8(5-12-15)9-3-4-10(16)14-13-9/h3-6H,2,7H2,1H3,(H,14,16). The average molecular weight is 248 g/mol. The van der Waals surface area contributed by atoms with E-state index in [9.17, 15) is 9.59 Å². The minimum Gasteiger partial charge on any atom is -0.465 e. The number of ether oxygens (including phenoxy) is 1. The van der Waals surface area contributed by atoms with Crippen molar-refractivity contribution in [3.8, 4) is 11.3 Å². The van der Waals surface area contributed by atoms with Crippen LogP contribution in [0, 0.1) is 0 Å². The molecule has 0 aliphatic heterocycles. The van der Waals surface area contributed by atoms with E-state index >= 15 is 0 Å². The highest BCUT2D eigenvalue weighted by atomic mass is 16.5. The van der Waals surface area contributed by atoms with E-state index in [2.05, 4.69) is 15.3 Å². The first kappa shape index (κ1) is 12.0. The lowest BCUT2D eigenvalue weighted by Gasteiger charge is -2.00. The molecule has 0 amide bonds.